The van der Waals surface area contributed by atoms with Gasteiger partial charge in [0.15, 0.2) is 0 Å². The van der Waals surface area contributed by atoms with Crippen LogP contribution >= 0.6 is 11.3 Å². The van der Waals surface area contributed by atoms with E-state index in [1.165, 1.54) is 16.9 Å². The van der Waals surface area contributed by atoms with Crippen LogP contribution in [0.15, 0.2) is 58.7 Å². The number of fused-ring (bicyclic) bond motifs is 1. The summed E-state index contributed by atoms with van der Waals surface area (Å²) in [5.74, 6) is 1.07. The van der Waals surface area contributed by atoms with Gasteiger partial charge in [-0.25, -0.2) is 4.98 Å². The summed E-state index contributed by atoms with van der Waals surface area (Å²) in [6.45, 7) is 10.3. The van der Waals surface area contributed by atoms with Crippen molar-refractivity contribution < 1.29 is 5.11 Å². The molecule has 4 aromatic rings. The van der Waals surface area contributed by atoms with Crippen molar-refractivity contribution in [1.29, 1.82) is 0 Å². The van der Waals surface area contributed by atoms with Crippen LogP contribution in [0.2, 0.25) is 0 Å². The summed E-state index contributed by atoms with van der Waals surface area (Å²) >= 11 is 1.51. The molecular formula is C28H33N3O2S. The molecule has 0 bridgehead atoms. The van der Waals surface area contributed by atoms with E-state index in [4.69, 9.17) is 4.98 Å². The monoisotopic (exact) mass is 475 g/mol. The summed E-state index contributed by atoms with van der Waals surface area (Å²) < 4.78 is 0. The molecule has 0 amide bonds. The Morgan fingerprint density at radius 1 is 1.06 bits per heavy atom. The predicted octanol–water partition coefficient (Wildman–Crippen LogP) is 5.33. The molecule has 0 unspecified atom stereocenters. The Morgan fingerprint density at radius 2 is 1.82 bits per heavy atom. The Morgan fingerprint density at radius 3 is 2.56 bits per heavy atom. The van der Waals surface area contributed by atoms with Gasteiger partial charge in [-0.05, 0) is 42.9 Å². The first-order chi connectivity index (χ1) is 16.3. The number of nitrogens with zero attached hydrogens (tertiary/aromatic N) is 2. The largest absolute Gasteiger partial charge is 0.391 e. The number of rotatable bonds is 9. The summed E-state index contributed by atoms with van der Waals surface area (Å²) in [6.07, 6.45) is 0.108. The molecule has 0 fully saturated rings. The van der Waals surface area contributed by atoms with Crippen molar-refractivity contribution in [2.24, 2.45) is 5.92 Å². The number of aromatic amines is 1. The quantitative estimate of drug-likeness (QED) is 0.343. The molecule has 0 radical (unpaired) electrons. The first-order valence-electron chi connectivity index (χ1n) is 11.8. The summed E-state index contributed by atoms with van der Waals surface area (Å²) in [5.41, 5.74) is 5.34. The summed E-state index contributed by atoms with van der Waals surface area (Å²) in [4.78, 5) is 23.9. The van der Waals surface area contributed by atoms with Gasteiger partial charge in [-0.15, -0.1) is 11.3 Å². The average Bonchev–Trinajstić information content (AvgIpc) is 3.20. The average molecular weight is 476 g/mol. The van der Waals surface area contributed by atoms with Crippen LogP contribution in [-0.2, 0) is 13.0 Å². The number of aliphatic hydroxyl groups is 1. The van der Waals surface area contributed by atoms with Gasteiger partial charge in [-0.1, -0.05) is 67.9 Å². The molecule has 0 spiro atoms. The van der Waals surface area contributed by atoms with Crippen molar-refractivity contribution in [2.45, 2.75) is 46.8 Å². The van der Waals surface area contributed by atoms with E-state index in [2.05, 4.69) is 55.8 Å². The zero-order valence-corrected chi connectivity index (χ0v) is 21.2. The van der Waals surface area contributed by atoms with Crippen LogP contribution in [0.1, 0.15) is 36.4 Å². The molecule has 34 heavy (non-hydrogen) atoms. The molecule has 0 aliphatic heterocycles. The number of thiophene rings is 1. The molecule has 0 aliphatic carbocycles. The number of aliphatic hydroxyl groups excluding tert-OH is 1. The normalized spacial score (nSPS) is 12.7. The van der Waals surface area contributed by atoms with Gasteiger partial charge in [0.1, 0.15) is 10.7 Å². The Hall–Kier alpha value is -2.80. The van der Waals surface area contributed by atoms with Crippen molar-refractivity contribution in [3.05, 3.63) is 86.8 Å². The second-order valence-corrected chi connectivity index (χ2v) is 10.5. The third kappa shape index (κ3) is 5.81. The van der Waals surface area contributed by atoms with Crippen LogP contribution in [0.5, 0.6) is 0 Å². The van der Waals surface area contributed by atoms with Crippen LogP contribution in [0, 0.1) is 19.8 Å². The summed E-state index contributed by atoms with van der Waals surface area (Å²) in [6, 6.07) is 16.3. The number of H-pyrrole nitrogens is 1. The predicted molar refractivity (Wildman–Crippen MR) is 141 cm³/mol. The lowest BCUT2D eigenvalue weighted by atomic mass is 9.99. The fraction of sp³-hybridized carbons (Fsp3) is 0.357. The third-order valence-electron chi connectivity index (χ3n) is 5.96. The van der Waals surface area contributed by atoms with E-state index in [1.54, 1.807) is 0 Å². The zero-order chi connectivity index (χ0) is 24.2. The molecule has 178 valence electrons. The lowest BCUT2D eigenvalue weighted by molar-refractivity contribution is 0.100. The number of nitrogens with one attached hydrogen (secondary N) is 1. The smallest absolute Gasteiger partial charge is 0.260 e. The van der Waals surface area contributed by atoms with Gasteiger partial charge in [-0.3, -0.25) is 9.69 Å². The highest BCUT2D eigenvalue weighted by Crippen LogP contribution is 2.33. The Bertz CT molecular complexity index is 1310. The minimum absolute atomic E-state index is 0.105. The van der Waals surface area contributed by atoms with Gasteiger partial charge < -0.3 is 10.1 Å². The molecule has 2 aromatic heterocycles. The highest BCUT2D eigenvalue weighted by molar-refractivity contribution is 7.17. The van der Waals surface area contributed by atoms with E-state index in [0.717, 1.165) is 33.6 Å². The maximum absolute atomic E-state index is 13.2. The van der Waals surface area contributed by atoms with Crippen LogP contribution in [0.4, 0.5) is 0 Å². The molecular weight excluding hydrogens is 442 g/mol. The summed E-state index contributed by atoms with van der Waals surface area (Å²) in [7, 11) is 0. The number of aromatic nitrogens is 2. The lowest BCUT2D eigenvalue weighted by Crippen LogP contribution is -2.36. The van der Waals surface area contributed by atoms with E-state index in [1.807, 2.05) is 35.7 Å². The second-order valence-electron chi connectivity index (χ2n) is 9.59. The zero-order valence-electron chi connectivity index (χ0n) is 20.3. The van der Waals surface area contributed by atoms with Gasteiger partial charge in [0.25, 0.3) is 5.56 Å². The molecule has 6 heteroatoms. The number of hydrogen-bond donors (Lipinski definition) is 2. The van der Waals surface area contributed by atoms with Gasteiger partial charge in [-0.2, -0.15) is 0 Å². The molecule has 2 heterocycles. The Labute approximate surface area is 205 Å². The van der Waals surface area contributed by atoms with Gasteiger partial charge in [0, 0.05) is 24.0 Å². The van der Waals surface area contributed by atoms with Crippen molar-refractivity contribution >= 4 is 21.6 Å². The molecule has 2 N–H and O–H groups in total. The van der Waals surface area contributed by atoms with Crippen LogP contribution < -0.4 is 5.56 Å². The highest BCUT2D eigenvalue weighted by atomic mass is 32.1. The molecule has 0 aliphatic rings. The van der Waals surface area contributed by atoms with E-state index in [9.17, 15) is 9.90 Å². The standard InChI is InChI=1S/C28H33N3O2S/c1-18(2)14-31(15-22(32)13-21-8-6-5-7-9-21)16-25-29-27(33)26-24(17-34-28(26)30-25)23-12-19(3)10-11-20(23)4/h5-12,17-18,22,32H,13-16H2,1-4H3,(H,29,30,33)/t22-/m0/s1. The fourth-order valence-corrected chi connectivity index (χ4v) is 5.43. The fourth-order valence-electron chi connectivity index (χ4n) is 4.47. The Balaban J connectivity index is 1.58. The van der Waals surface area contributed by atoms with Crippen molar-refractivity contribution in [3.63, 3.8) is 0 Å². The van der Waals surface area contributed by atoms with Crippen molar-refractivity contribution in [3.8, 4) is 11.1 Å². The number of aryl methyl sites for hydroxylation is 2. The number of benzene rings is 2. The molecule has 4 rings (SSSR count). The van der Waals surface area contributed by atoms with Crippen LogP contribution in [0.3, 0.4) is 0 Å². The van der Waals surface area contributed by atoms with Gasteiger partial charge >= 0.3 is 0 Å². The first-order valence-corrected chi connectivity index (χ1v) is 12.7. The molecule has 5 nitrogen and oxygen atoms in total. The third-order valence-corrected chi connectivity index (χ3v) is 6.83. The van der Waals surface area contributed by atoms with E-state index >= 15 is 0 Å². The minimum atomic E-state index is -0.491. The van der Waals surface area contributed by atoms with Gasteiger partial charge in [0.2, 0.25) is 0 Å². The molecule has 1 atom stereocenters. The summed E-state index contributed by atoms with van der Waals surface area (Å²) in [5, 5.41) is 13.4. The molecule has 0 saturated heterocycles. The van der Waals surface area contributed by atoms with Gasteiger partial charge in [0.05, 0.1) is 18.0 Å². The second kappa shape index (κ2) is 10.6. The van der Waals surface area contributed by atoms with Crippen LogP contribution in [-0.4, -0.2) is 39.2 Å². The number of hydrogen-bond acceptors (Lipinski definition) is 5. The van der Waals surface area contributed by atoms with E-state index < -0.39 is 6.10 Å². The maximum Gasteiger partial charge on any atom is 0.260 e. The van der Waals surface area contributed by atoms with Crippen molar-refractivity contribution in [2.75, 3.05) is 13.1 Å². The van der Waals surface area contributed by atoms with E-state index in [-0.39, 0.29) is 5.56 Å². The minimum Gasteiger partial charge on any atom is -0.391 e. The molecule has 0 saturated carbocycles. The maximum atomic E-state index is 13.2. The SMILES string of the molecule is Cc1ccc(C)c(-c2csc3nc(CN(CC(C)C)C[C@@H](O)Cc4ccccc4)[nH]c(=O)c23)c1. The van der Waals surface area contributed by atoms with Crippen LogP contribution in [0.25, 0.3) is 21.3 Å². The topological polar surface area (TPSA) is 69.2 Å². The first kappa shape index (κ1) is 24.3. The van der Waals surface area contributed by atoms with E-state index in [0.29, 0.717) is 36.6 Å². The van der Waals surface area contributed by atoms with Crippen molar-refractivity contribution in [1.82, 2.24) is 14.9 Å². The highest BCUT2D eigenvalue weighted by Gasteiger charge is 2.18. The lowest BCUT2D eigenvalue weighted by Gasteiger charge is -2.26. The molecule has 2 aromatic carbocycles. The Kier molecular flexibility index (Phi) is 7.61.